The number of aromatic amines is 1. The molecule has 0 bridgehead atoms. The zero-order valence-electron chi connectivity index (χ0n) is 15.1. The van der Waals surface area contributed by atoms with Gasteiger partial charge >= 0.3 is 5.97 Å². The van der Waals surface area contributed by atoms with Crippen molar-refractivity contribution in [2.24, 2.45) is 0 Å². The molecule has 2 atom stereocenters. The van der Waals surface area contributed by atoms with Crippen molar-refractivity contribution >= 4 is 16.9 Å². The van der Waals surface area contributed by atoms with E-state index in [4.69, 9.17) is 9.47 Å². The summed E-state index contributed by atoms with van der Waals surface area (Å²) in [5, 5.41) is 4.60. The van der Waals surface area contributed by atoms with Gasteiger partial charge in [-0.25, -0.2) is 0 Å². The van der Waals surface area contributed by atoms with Crippen LogP contribution in [0.5, 0.6) is 5.75 Å². The van der Waals surface area contributed by atoms with E-state index in [1.807, 2.05) is 24.3 Å². The van der Waals surface area contributed by atoms with E-state index in [1.54, 1.807) is 7.11 Å². The Bertz CT molecular complexity index is 977. The summed E-state index contributed by atoms with van der Waals surface area (Å²) in [5.41, 5.74) is 5.45. The van der Waals surface area contributed by atoms with Crippen LogP contribution in [0.15, 0.2) is 42.5 Å². The second-order valence-corrected chi connectivity index (χ2v) is 6.69. The summed E-state index contributed by atoms with van der Waals surface area (Å²) in [4.78, 5) is 15.8. The van der Waals surface area contributed by atoms with Gasteiger partial charge in [0, 0.05) is 28.6 Å². The number of esters is 1. The van der Waals surface area contributed by atoms with Crippen LogP contribution in [0.3, 0.4) is 0 Å². The smallest absolute Gasteiger partial charge is 0.323 e. The molecular formula is C21H22N2O3. The average Bonchev–Trinajstić information content (AvgIpc) is 3.05. The topological polar surface area (TPSA) is 63.4 Å². The Balaban J connectivity index is 1.92. The first kappa shape index (κ1) is 16.7. The molecule has 0 radical (unpaired) electrons. The molecule has 2 heterocycles. The average molecular weight is 350 g/mol. The normalized spacial score (nSPS) is 19.2. The van der Waals surface area contributed by atoms with E-state index in [9.17, 15) is 4.79 Å². The highest BCUT2D eigenvalue weighted by molar-refractivity contribution is 5.87. The van der Waals surface area contributed by atoms with Gasteiger partial charge in [0.05, 0.1) is 20.3 Å². The number of carbonyl (C=O) groups excluding carboxylic acids is 1. The minimum atomic E-state index is -0.401. The molecule has 1 aliphatic rings. The van der Waals surface area contributed by atoms with Crippen molar-refractivity contribution in [3.05, 3.63) is 64.8 Å². The number of aryl methyl sites for hydroxylation is 1. The summed E-state index contributed by atoms with van der Waals surface area (Å²) < 4.78 is 10.6. The lowest BCUT2D eigenvalue weighted by atomic mass is 9.89. The SMILES string of the molecule is COC(=O)C1Cc2c([nH]c3ccccc23)C(c2cc(C)ccc2OC)N1. The van der Waals surface area contributed by atoms with Crippen molar-refractivity contribution in [1.29, 1.82) is 0 Å². The van der Waals surface area contributed by atoms with Gasteiger partial charge in [-0.3, -0.25) is 10.1 Å². The van der Waals surface area contributed by atoms with Gasteiger partial charge in [0.15, 0.2) is 0 Å². The summed E-state index contributed by atoms with van der Waals surface area (Å²) in [6.07, 6.45) is 0.594. The van der Waals surface area contributed by atoms with E-state index in [2.05, 4.69) is 35.4 Å². The number of fused-ring (bicyclic) bond motifs is 3. The van der Waals surface area contributed by atoms with Gasteiger partial charge < -0.3 is 14.5 Å². The van der Waals surface area contributed by atoms with Gasteiger partial charge in [0.25, 0.3) is 0 Å². The Morgan fingerprint density at radius 3 is 2.73 bits per heavy atom. The van der Waals surface area contributed by atoms with Crippen LogP contribution in [0.1, 0.15) is 28.4 Å². The molecule has 0 saturated carbocycles. The molecule has 0 saturated heterocycles. The Morgan fingerprint density at radius 1 is 1.15 bits per heavy atom. The van der Waals surface area contributed by atoms with Crippen molar-refractivity contribution in [3.8, 4) is 5.75 Å². The molecule has 26 heavy (non-hydrogen) atoms. The largest absolute Gasteiger partial charge is 0.496 e. The zero-order chi connectivity index (χ0) is 18.3. The minimum Gasteiger partial charge on any atom is -0.496 e. The second-order valence-electron chi connectivity index (χ2n) is 6.69. The third kappa shape index (κ3) is 2.65. The standard InChI is InChI=1S/C21H22N2O3/c1-12-8-9-18(25-2)15(10-12)20-19-14(11-17(23-20)21(24)26-3)13-6-4-5-7-16(13)22-19/h4-10,17,20,22-23H,11H2,1-3H3. The Morgan fingerprint density at radius 2 is 1.96 bits per heavy atom. The summed E-state index contributed by atoms with van der Waals surface area (Å²) in [7, 11) is 3.10. The van der Waals surface area contributed by atoms with Crippen LogP contribution < -0.4 is 10.1 Å². The van der Waals surface area contributed by atoms with Gasteiger partial charge in [0.1, 0.15) is 11.8 Å². The lowest BCUT2D eigenvalue weighted by Gasteiger charge is -2.31. The van der Waals surface area contributed by atoms with Crippen molar-refractivity contribution in [2.75, 3.05) is 14.2 Å². The maximum Gasteiger partial charge on any atom is 0.323 e. The lowest BCUT2D eigenvalue weighted by Crippen LogP contribution is -2.45. The van der Waals surface area contributed by atoms with Gasteiger partial charge in [0.2, 0.25) is 0 Å². The van der Waals surface area contributed by atoms with E-state index in [0.29, 0.717) is 6.42 Å². The molecule has 1 aliphatic heterocycles. The Labute approximate surface area is 152 Å². The van der Waals surface area contributed by atoms with Gasteiger partial charge in [-0.1, -0.05) is 35.9 Å². The third-order valence-corrected chi connectivity index (χ3v) is 5.09. The van der Waals surface area contributed by atoms with Crippen LogP contribution in [0.25, 0.3) is 10.9 Å². The molecule has 2 N–H and O–H groups in total. The molecule has 5 heteroatoms. The molecule has 4 rings (SSSR count). The Hall–Kier alpha value is -2.79. The third-order valence-electron chi connectivity index (χ3n) is 5.09. The number of para-hydroxylation sites is 1. The van der Waals surface area contributed by atoms with Crippen molar-refractivity contribution in [3.63, 3.8) is 0 Å². The number of hydrogen-bond acceptors (Lipinski definition) is 4. The number of rotatable bonds is 3. The van der Waals surface area contributed by atoms with E-state index in [0.717, 1.165) is 39.0 Å². The highest BCUT2D eigenvalue weighted by Crippen LogP contribution is 2.38. The predicted molar refractivity (Wildman–Crippen MR) is 101 cm³/mol. The van der Waals surface area contributed by atoms with E-state index >= 15 is 0 Å². The first-order chi connectivity index (χ1) is 12.6. The number of aromatic nitrogens is 1. The van der Waals surface area contributed by atoms with E-state index < -0.39 is 6.04 Å². The highest BCUT2D eigenvalue weighted by atomic mass is 16.5. The minimum absolute atomic E-state index is 0.176. The summed E-state index contributed by atoms with van der Waals surface area (Å²) >= 11 is 0. The molecule has 0 fully saturated rings. The summed E-state index contributed by atoms with van der Waals surface area (Å²) in [6, 6.07) is 13.7. The quantitative estimate of drug-likeness (QED) is 0.712. The van der Waals surface area contributed by atoms with Crippen LogP contribution in [0.2, 0.25) is 0 Å². The van der Waals surface area contributed by atoms with Crippen LogP contribution in [-0.2, 0) is 16.0 Å². The zero-order valence-corrected chi connectivity index (χ0v) is 15.1. The highest BCUT2D eigenvalue weighted by Gasteiger charge is 2.35. The van der Waals surface area contributed by atoms with Crippen molar-refractivity contribution in [2.45, 2.75) is 25.4 Å². The molecule has 0 spiro atoms. The van der Waals surface area contributed by atoms with Crippen LogP contribution >= 0.6 is 0 Å². The van der Waals surface area contributed by atoms with Crippen molar-refractivity contribution < 1.29 is 14.3 Å². The maximum absolute atomic E-state index is 12.3. The Kier molecular flexibility index (Phi) is 4.17. The second kappa shape index (κ2) is 6.50. The molecule has 2 unspecified atom stereocenters. The number of H-pyrrole nitrogens is 1. The molecule has 5 nitrogen and oxygen atoms in total. The van der Waals surface area contributed by atoms with E-state index in [-0.39, 0.29) is 12.0 Å². The lowest BCUT2D eigenvalue weighted by molar-refractivity contribution is -0.143. The maximum atomic E-state index is 12.3. The molecule has 0 aliphatic carbocycles. The van der Waals surface area contributed by atoms with Crippen LogP contribution in [-0.4, -0.2) is 31.2 Å². The fraction of sp³-hybridized carbons (Fsp3) is 0.286. The molecule has 134 valence electrons. The summed E-state index contributed by atoms with van der Waals surface area (Å²) in [6.45, 7) is 2.05. The fourth-order valence-corrected chi connectivity index (χ4v) is 3.85. The van der Waals surface area contributed by atoms with E-state index in [1.165, 1.54) is 7.11 Å². The first-order valence-corrected chi connectivity index (χ1v) is 8.70. The molecular weight excluding hydrogens is 328 g/mol. The fourth-order valence-electron chi connectivity index (χ4n) is 3.85. The monoisotopic (exact) mass is 350 g/mol. The van der Waals surface area contributed by atoms with Gasteiger partial charge in [-0.15, -0.1) is 0 Å². The molecule has 2 aromatic carbocycles. The van der Waals surface area contributed by atoms with Crippen LogP contribution in [0.4, 0.5) is 0 Å². The number of ether oxygens (including phenoxy) is 2. The van der Waals surface area contributed by atoms with Crippen molar-refractivity contribution in [1.82, 2.24) is 10.3 Å². The number of hydrogen-bond donors (Lipinski definition) is 2. The van der Waals surface area contributed by atoms with Gasteiger partial charge in [-0.05, 0) is 24.6 Å². The number of methoxy groups -OCH3 is 2. The first-order valence-electron chi connectivity index (χ1n) is 8.70. The molecule has 3 aromatic rings. The number of carbonyl (C=O) groups is 1. The molecule has 0 amide bonds. The van der Waals surface area contributed by atoms with Gasteiger partial charge in [-0.2, -0.15) is 0 Å². The number of benzene rings is 2. The number of nitrogens with one attached hydrogen (secondary N) is 2. The van der Waals surface area contributed by atoms with Crippen LogP contribution in [0, 0.1) is 6.92 Å². The molecule has 1 aromatic heterocycles. The summed E-state index contributed by atoms with van der Waals surface area (Å²) in [5.74, 6) is 0.542. The predicted octanol–water partition coefficient (Wildman–Crippen LogP) is 3.26.